The first kappa shape index (κ1) is 10.1. The van der Waals surface area contributed by atoms with Gasteiger partial charge in [0.05, 0.1) is 0 Å². The first-order chi connectivity index (χ1) is 7.61. The zero-order valence-corrected chi connectivity index (χ0v) is 10.1. The molecule has 1 aromatic rings. The van der Waals surface area contributed by atoms with Crippen LogP contribution in [-0.4, -0.2) is 0 Å². The van der Waals surface area contributed by atoms with Gasteiger partial charge in [-0.1, -0.05) is 0 Å². The Morgan fingerprint density at radius 3 is 1.38 bits per heavy atom. The summed E-state index contributed by atoms with van der Waals surface area (Å²) < 4.78 is 0. The van der Waals surface area contributed by atoms with E-state index in [0.717, 1.165) is 0 Å². The van der Waals surface area contributed by atoms with Gasteiger partial charge in [-0.05, 0) is 73.2 Å². The molecule has 0 fully saturated rings. The van der Waals surface area contributed by atoms with Crippen molar-refractivity contribution in [1.29, 1.82) is 0 Å². The van der Waals surface area contributed by atoms with Crippen LogP contribution in [0.2, 0.25) is 0 Å². The third kappa shape index (κ3) is 1.09. The van der Waals surface area contributed by atoms with Gasteiger partial charge in [-0.25, -0.2) is 9.78 Å². The minimum Gasteiger partial charge on any atom is -0.223 e. The minimum absolute atomic E-state index is 0.0157. The second kappa shape index (κ2) is 3.19. The first-order valence-electron chi connectivity index (χ1n) is 5.72. The van der Waals surface area contributed by atoms with Crippen LogP contribution in [0.4, 0.5) is 0 Å². The van der Waals surface area contributed by atoms with Crippen molar-refractivity contribution in [2.75, 3.05) is 0 Å². The molecule has 4 rings (SSSR count). The minimum atomic E-state index is -0.0157. The van der Waals surface area contributed by atoms with Crippen molar-refractivity contribution in [3.05, 3.63) is 45.5 Å². The lowest BCUT2D eigenvalue weighted by Gasteiger charge is -2.36. The van der Waals surface area contributed by atoms with E-state index >= 15 is 0 Å². The van der Waals surface area contributed by atoms with Crippen molar-refractivity contribution >= 4 is 0 Å². The molecule has 0 spiro atoms. The van der Waals surface area contributed by atoms with Crippen molar-refractivity contribution in [2.45, 2.75) is 39.9 Å². The average Bonchev–Trinajstić information content (AvgIpc) is 2.34. The van der Waals surface area contributed by atoms with Crippen molar-refractivity contribution in [2.24, 2.45) is 0 Å². The first-order valence-corrected chi connectivity index (χ1v) is 5.72. The van der Waals surface area contributed by atoms with Crippen LogP contribution in [-0.2, 0) is 9.78 Å². The number of rotatable bonds is 0. The molecular weight excluding hydrogens is 200 g/mol. The summed E-state index contributed by atoms with van der Waals surface area (Å²) in [6, 6.07) is 0. The maximum Gasteiger partial charge on any atom is 0.137 e. The molecule has 2 aliphatic heterocycles. The zero-order valence-electron chi connectivity index (χ0n) is 10.1. The molecule has 3 aliphatic rings. The van der Waals surface area contributed by atoms with Gasteiger partial charge >= 0.3 is 0 Å². The second-order valence-corrected chi connectivity index (χ2v) is 4.75. The van der Waals surface area contributed by atoms with E-state index in [1.54, 1.807) is 0 Å². The predicted molar refractivity (Wildman–Crippen MR) is 62.2 cm³/mol. The van der Waals surface area contributed by atoms with Crippen LogP contribution in [0.5, 0.6) is 0 Å². The molecule has 0 amide bonds. The molecule has 84 valence electrons. The fourth-order valence-corrected chi connectivity index (χ4v) is 2.78. The van der Waals surface area contributed by atoms with Gasteiger partial charge in [0.25, 0.3) is 0 Å². The second-order valence-electron chi connectivity index (χ2n) is 4.75. The van der Waals surface area contributed by atoms with Crippen molar-refractivity contribution in [3.63, 3.8) is 0 Å². The van der Waals surface area contributed by atoms with E-state index in [9.17, 15) is 0 Å². The zero-order chi connectivity index (χ0) is 11.4. The summed E-state index contributed by atoms with van der Waals surface area (Å²) in [7, 11) is 0. The quantitative estimate of drug-likeness (QED) is 0.488. The SMILES string of the molecule is Cc1c(C)c(C)c2c(c1C)[C@@H]1C=C[C@H]2OO1. The summed E-state index contributed by atoms with van der Waals surface area (Å²) >= 11 is 0. The smallest absolute Gasteiger partial charge is 0.137 e. The predicted octanol–water partition coefficient (Wildman–Crippen LogP) is 3.53. The Morgan fingerprint density at radius 2 is 1.06 bits per heavy atom. The maximum absolute atomic E-state index is 5.35. The summed E-state index contributed by atoms with van der Waals surface area (Å²) in [6.45, 7) is 8.73. The van der Waals surface area contributed by atoms with E-state index in [1.807, 2.05) is 0 Å². The summed E-state index contributed by atoms with van der Waals surface area (Å²) in [5.41, 5.74) is 8.09. The highest BCUT2D eigenvalue weighted by molar-refractivity contribution is 5.55. The molecule has 2 atom stereocenters. The molecule has 2 heteroatoms. The topological polar surface area (TPSA) is 18.5 Å². The van der Waals surface area contributed by atoms with Crippen molar-refractivity contribution in [3.8, 4) is 0 Å². The van der Waals surface area contributed by atoms with Crippen molar-refractivity contribution < 1.29 is 9.78 Å². The molecule has 16 heavy (non-hydrogen) atoms. The summed E-state index contributed by atoms with van der Waals surface area (Å²) in [5, 5.41) is 0. The van der Waals surface area contributed by atoms with E-state index in [2.05, 4.69) is 39.8 Å². The van der Waals surface area contributed by atoms with Gasteiger partial charge in [-0.2, -0.15) is 0 Å². The molecule has 2 bridgehead atoms. The Bertz CT molecular complexity index is 455. The van der Waals surface area contributed by atoms with Gasteiger partial charge in [-0.3, -0.25) is 0 Å². The Hall–Kier alpha value is -1.12. The highest BCUT2D eigenvalue weighted by atomic mass is 17.2. The molecule has 2 heterocycles. The Morgan fingerprint density at radius 1 is 0.688 bits per heavy atom. The fourth-order valence-electron chi connectivity index (χ4n) is 2.78. The van der Waals surface area contributed by atoms with Gasteiger partial charge in [0.1, 0.15) is 12.2 Å². The largest absolute Gasteiger partial charge is 0.223 e. The van der Waals surface area contributed by atoms with Gasteiger partial charge < -0.3 is 0 Å². The van der Waals surface area contributed by atoms with Crippen LogP contribution in [0.15, 0.2) is 12.2 Å². The Labute approximate surface area is 95.8 Å². The van der Waals surface area contributed by atoms with E-state index < -0.39 is 0 Å². The lowest BCUT2D eigenvalue weighted by molar-refractivity contribution is -0.355. The summed E-state index contributed by atoms with van der Waals surface area (Å²) in [6.07, 6.45) is 4.16. The normalized spacial score (nSPS) is 26.0. The van der Waals surface area contributed by atoms with Gasteiger partial charge in [0, 0.05) is 0 Å². The highest BCUT2D eigenvalue weighted by Crippen LogP contribution is 2.46. The van der Waals surface area contributed by atoms with E-state index in [1.165, 1.54) is 33.4 Å². The van der Waals surface area contributed by atoms with E-state index in [0.29, 0.717) is 0 Å². The number of hydrogen-bond donors (Lipinski definition) is 0. The molecule has 0 unspecified atom stereocenters. The van der Waals surface area contributed by atoms with Crippen LogP contribution in [0.3, 0.4) is 0 Å². The molecule has 1 aromatic carbocycles. The molecule has 0 aromatic heterocycles. The molecule has 0 radical (unpaired) electrons. The van der Waals surface area contributed by atoms with Gasteiger partial charge in [0.2, 0.25) is 0 Å². The summed E-state index contributed by atoms with van der Waals surface area (Å²) in [4.78, 5) is 10.7. The lowest BCUT2D eigenvalue weighted by Crippen LogP contribution is -2.25. The standard InChI is InChI=1S/C14H16O2/c1-7-8(2)10(4)14-12-6-5-11(15-16-12)13(14)9(7)3/h5-6,11-12H,1-4H3/t11-,12+. The number of hydrogen-bond acceptors (Lipinski definition) is 2. The van der Waals surface area contributed by atoms with Crippen LogP contribution in [0.25, 0.3) is 0 Å². The third-order valence-corrected chi connectivity index (χ3v) is 4.08. The van der Waals surface area contributed by atoms with E-state index in [-0.39, 0.29) is 12.2 Å². The van der Waals surface area contributed by atoms with Crippen LogP contribution < -0.4 is 0 Å². The molecule has 2 nitrogen and oxygen atoms in total. The fraction of sp³-hybridized carbons (Fsp3) is 0.429. The van der Waals surface area contributed by atoms with Crippen LogP contribution in [0.1, 0.15) is 45.6 Å². The molecule has 1 aliphatic carbocycles. The number of benzene rings is 1. The molecule has 0 saturated heterocycles. The van der Waals surface area contributed by atoms with E-state index in [4.69, 9.17) is 9.78 Å². The molecule has 0 N–H and O–H groups in total. The Kier molecular flexibility index (Phi) is 2.00. The summed E-state index contributed by atoms with van der Waals surface area (Å²) in [5.74, 6) is 0. The lowest BCUT2D eigenvalue weighted by atomic mass is 9.81. The highest BCUT2D eigenvalue weighted by Gasteiger charge is 2.35. The van der Waals surface area contributed by atoms with Crippen molar-refractivity contribution in [1.82, 2.24) is 0 Å². The van der Waals surface area contributed by atoms with Crippen LogP contribution in [0, 0.1) is 27.7 Å². The third-order valence-electron chi connectivity index (χ3n) is 4.08. The molecular formula is C14H16O2. The molecule has 0 saturated carbocycles. The monoisotopic (exact) mass is 216 g/mol. The van der Waals surface area contributed by atoms with Crippen LogP contribution >= 0.6 is 0 Å². The van der Waals surface area contributed by atoms with Gasteiger partial charge in [-0.15, -0.1) is 0 Å². The maximum atomic E-state index is 5.35. The number of fused-ring (bicyclic) bond motifs is 1. The average molecular weight is 216 g/mol. The Balaban J connectivity index is 2.37. The van der Waals surface area contributed by atoms with Gasteiger partial charge in [0.15, 0.2) is 0 Å².